The molecule has 0 aliphatic rings. The zero-order valence-electron chi connectivity index (χ0n) is 11.4. The van der Waals surface area contributed by atoms with Gasteiger partial charge in [-0.1, -0.05) is 41.9 Å². The largest absolute Gasteiger partial charge is 0.336 e. The second-order valence-electron chi connectivity index (χ2n) is 4.73. The molecule has 0 radical (unpaired) electrons. The molecule has 0 amide bonds. The molecule has 0 N–H and O–H groups in total. The SMILES string of the molecule is Clc1ccc(SC(Cn2ccnc2)c2ccccc2)cc1. The molecule has 0 fully saturated rings. The summed E-state index contributed by atoms with van der Waals surface area (Å²) >= 11 is 7.80. The normalized spacial score (nSPS) is 12.2. The number of imidazole rings is 1. The van der Waals surface area contributed by atoms with E-state index < -0.39 is 0 Å². The molecule has 4 heteroatoms. The first-order valence-electron chi connectivity index (χ1n) is 6.74. The average Bonchev–Trinajstić information content (AvgIpc) is 3.03. The summed E-state index contributed by atoms with van der Waals surface area (Å²) in [6, 6.07) is 18.6. The van der Waals surface area contributed by atoms with Crippen LogP contribution in [0.3, 0.4) is 0 Å². The predicted molar refractivity (Wildman–Crippen MR) is 88.7 cm³/mol. The fraction of sp³-hybridized carbons (Fsp3) is 0.118. The van der Waals surface area contributed by atoms with E-state index in [1.165, 1.54) is 10.5 Å². The number of halogens is 1. The van der Waals surface area contributed by atoms with Crippen molar-refractivity contribution in [2.75, 3.05) is 0 Å². The second-order valence-corrected chi connectivity index (χ2v) is 6.44. The summed E-state index contributed by atoms with van der Waals surface area (Å²) in [5.74, 6) is 0. The topological polar surface area (TPSA) is 17.8 Å². The minimum atomic E-state index is 0.335. The third kappa shape index (κ3) is 3.90. The lowest BCUT2D eigenvalue weighted by Crippen LogP contribution is -2.04. The van der Waals surface area contributed by atoms with Crippen LogP contribution in [0.25, 0.3) is 0 Å². The van der Waals surface area contributed by atoms with E-state index in [0.717, 1.165) is 11.6 Å². The molecule has 106 valence electrons. The van der Waals surface area contributed by atoms with Crippen molar-refractivity contribution in [1.29, 1.82) is 0 Å². The average molecular weight is 315 g/mol. The van der Waals surface area contributed by atoms with E-state index in [0.29, 0.717) is 5.25 Å². The summed E-state index contributed by atoms with van der Waals surface area (Å²) in [7, 11) is 0. The molecule has 0 aliphatic carbocycles. The lowest BCUT2D eigenvalue weighted by molar-refractivity contribution is 0.683. The van der Waals surface area contributed by atoms with Gasteiger partial charge in [0.1, 0.15) is 0 Å². The first kappa shape index (κ1) is 14.2. The summed E-state index contributed by atoms with van der Waals surface area (Å²) in [6.45, 7) is 0.886. The van der Waals surface area contributed by atoms with Crippen molar-refractivity contribution < 1.29 is 0 Å². The lowest BCUT2D eigenvalue weighted by Gasteiger charge is -2.17. The third-order valence-electron chi connectivity index (χ3n) is 3.20. The van der Waals surface area contributed by atoms with E-state index in [2.05, 4.69) is 45.9 Å². The quantitative estimate of drug-likeness (QED) is 0.612. The van der Waals surface area contributed by atoms with Crippen LogP contribution in [0.5, 0.6) is 0 Å². The van der Waals surface area contributed by atoms with Crippen LogP contribution >= 0.6 is 23.4 Å². The van der Waals surface area contributed by atoms with Gasteiger partial charge in [0.05, 0.1) is 11.6 Å². The van der Waals surface area contributed by atoms with Gasteiger partial charge in [0.25, 0.3) is 0 Å². The lowest BCUT2D eigenvalue weighted by atomic mass is 10.1. The minimum absolute atomic E-state index is 0.335. The van der Waals surface area contributed by atoms with Crippen molar-refractivity contribution >= 4 is 23.4 Å². The highest BCUT2D eigenvalue weighted by atomic mass is 35.5. The first-order valence-corrected chi connectivity index (χ1v) is 8.00. The molecule has 2 aromatic carbocycles. The monoisotopic (exact) mass is 314 g/mol. The molecule has 0 aliphatic heterocycles. The summed E-state index contributed by atoms with van der Waals surface area (Å²) < 4.78 is 2.11. The fourth-order valence-corrected chi connectivity index (χ4v) is 3.43. The number of hydrogen-bond acceptors (Lipinski definition) is 2. The van der Waals surface area contributed by atoms with E-state index >= 15 is 0 Å². The van der Waals surface area contributed by atoms with Gasteiger partial charge in [-0.05, 0) is 29.8 Å². The molecule has 0 bridgehead atoms. The molecule has 1 aromatic heterocycles. The molecule has 0 saturated heterocycles. The Morgan fingerprint density at radius 3 is 2.48 bits per heavy atom. The van der Waals surface area contributed by atoms with Gasteiger partial charge in [0, 0.05) is 28.9 Å². The van der Waals surface area contributed by atoms with Crippen LogP contribution in [0.2, 0.25) is 5.02 Å². The fourth-order valence-electron chi connectivity index (χ4n) is 2.14. The molecule has 2 nitrogen and oxygen atoms in total. The summed E-state index contributed by atoms with van der Waals surface area (Å²) in [5.41, 5.74) is 1.31. The maximum atomic E-state index is 5.96. The second kappa shape index (κ2) is 6.83. The molecule has 3 aromatic rings. The van der Waals surface area contributed by atoms with E-state index in [4.69, 9.17) is 11.6 Å². The predicted octanol–water partition coefficient (Wildman–Crippen LogP) is 5.07. The third-order valence-corrected chi connectivity index (χ3v) is 4.70. The van der Waals surface area contributed by atoms with Crippen molar-refractivity contribution in [2.45, 2.75) is 16.7 Å². The maximum Gasteiger partial charge on any atom is 0.0946 e. The van der Waals surface area contributed by atoms with Crippen LogP contribution in [0.15, 0.2) is 78.2 Å². The van der Waals surface area contributed by atoms with Crippen LogP contribution < -0.4 is 0 Å². The summed E-state index contributed by atoms with van der Waals surface area (Å²) in [4.78, 5) is 5.34. The van der Waals surface area contributed by atoms with Crippen LogP contribution in [0.4, 0.5) is 0 Å². The van der Waals surface area contributed by atoms with Gasteiger partial charge in [-0.15, -0.1) is 11.8 Å². The number of thioether (sulfide) groups is 1. The Bertz CT molecular complexity index is 666. The highest BCUT2D eigenvalue weighted by Gasteiger charge is 2.13. The van der Waals surface area contributed by atoms with Crippen LogP contribution in [0, 0.1) is 0 Å². The van der Waals surface area contributed by atoms with Gasteiger partial charge in [-0.25, -0.2) is 4.98 Å². The number of hydrogen-bond donors (Lipinski definition) is 0. The number of benzene rings is 2. The van der Waals surface area contributed by atoms with Gasteiger partial charge < -0.3 is 4.57 Å². The first-order chi connectivity index (χ1) is 10.3. The molecule has 1 unspecified atom stereocenters. The molecule has 1 heterocycles. The van der Waals surface area contributed by atoms with Crippen LogP contribution in [0.1, 0.15) is 10.8 Å². The van der Waals surface area contributed by atoms with E-state index in [-0.39, 0.29) is 0 Å². The number of nitrogens with zero attached hydrogens (tertiary/aromatic N) is 2. The van der Waals surface area contributed by atoms with Gasteiger partial charge in [-0.2, -0.15) is 0 Å². The molecule has 0 saturated carbocycles. The Hall–Kier alpha value is -1.71. The Balaban J connectivity index is 1.83. The Labute approximate surface area is 133 Å². The molecular formula is C17H15ClN2S. The standard InChI is InChI=1S/C17H15ClN2S/c18-15-6-8-16(9-7-15)21-17(12-20-11-10-19-13-20)14-4-2-1-3-5-14/h1-11,13,17H,12H2. The summed E-state index contributed by atoms with van der Waals surface area (Å²) in [6.07, 6.45) is 5.67. The Morgan fingerprint density at radius 2 is 1.81 bits per heavy atom. The maximum absolute atomic E-state index is 5.96. The Morgan fingerprint density at radius 1 is 1.05 bits per heavy atom. The van der Waals surface area contributed by atoms with Crippen molar-refractivity contribution in [3.8, 4) is 0 Å². The van der Waals surface area contributed by atoms with Gasteiger partial charge in [0.15, 0.2) is 0 Å². The van der Waals surface area contributed by atoms with Gasteiger partial charge in [0.2, 0.25) is 0 Å². The van der Waals surface area contributed by atoms with Gasteiger partial charge >= 0.3 is 0 Å². The molecular weight excluding hydrogens is 300 g/mol. The smallest absolute Gasteiger partial charge is 0.0946 e. The van der Waals surface area contributed by atoms with Crippen molar-refractivity contribution in [1.82, 2.24) is 9.55 Å². The molecule has 21 heavy (non-hydrogen) atoms. The zero-order valence-corrected chi connectivity index (χ0v) is 13.0. The van der Waals surface area contributed by atoms with Crippen LogP contribution in [-0.4, -0.2) is 9.55 Å². The van der Waals surface area contributed by atoms with E-state index in [1.807, 2.05) is 48.7 Å². The van der Waals surface area contributed by atoms with Crippen molar-refractivity contribution in [3.63, 3.8) is 0 Å². The highest BCUT2D eigenvalue weighted by molar-refractivity contribution is 7.99. The molecule has 3 rings (SSSR count). The minimum Gasteiger partial charge on any atom is -0.336 e. The van der Waals surface area contributed by atoms with E-state index in [1.54, 1.807) is 0 Å². The molecule has 0 spiro atoms. The number of rotatable bonds is 5. The number of aromatic nitrogens is 2. The van der Waals surface area contributed by atoms with E-state index in [9.17, 15) is 0 Å². The van der Waals surface area contributed by atoms with Crippen LogP contribution in [-0.2, 0) is 6.54 Å². The Kier molecular flexibility index (Phi) is 4.63. The highest BCUT2D eigenvalue weighted by Crippen LogP contribution is 2.36. The summed E-state index contributed by atoms with van der Waals surface area (Å²) in [5, 5.41) is 1.10. The zero-order chi connectivity index (χ0) is 14.5. The van der Waals surface area contributed by atoms with Crippen molar-refractivity contribution in [3.05, 3.63) is 83.9 Å². The molecule has 1 atom stereocenters. The van der Waals surface area contributed by atoms with Gasteiger partial charge in [-0.3, -0.25) is 0 Å². The van der Waals surface area contributed by atoms with Crippen molar-refractivity contribution in [2.24, 2.45) is 0 Å².